The van der Waals surface area contributed by atoms with Gasteiger partial charge in [-0.15, -0.1) is 10.2 Å². The molecule has 3 heterocycles. The number of hydrogen-bond acceptors (Lipinski definition) is 7. The number of tetrazole rings is 1. The molecule has 11 nitrogen and oxygen atoms in total. The van der Waals surface area contributed by atoms with E-state index in [0.29, 0.717) is 0 Å². The van der Waals surface area contributed by atoms with Crippen LogP contribution in [0.1, 0.15) is 45.2 Å². The number of aromatic nitrogens is 7. The first-order chi connectivity index (χ1) is 21.0. The summed E-state index contributed by atoms with van der Waals surface area (Å²) < 4.78 is 94.1. The Morgan fingerprint density at radius 2 is 1.62 bits per heavy atom. The van der Waals surface area contributed by atoms with Gasteiger partial charge in [-0.3, -0.25) is 9.59 Å². The zero-order valence-corrected chi connectivity index (χ0v) is 24.2. The van der Waals surface area contributed by atoms with Crippen molar-refractivity contribution in [3.8, 4) is 5.82 Å². The standard InChI is InChI=1S/C24H15Cl3F7N9O2/c25-10-6-13(19(44)36-11-3-4-11)17(15(27)7-10)37-20(45)16-8-12(39-43(16)18-14(26)2-1-5-35-18)9-42-40-21(38-41-42)22(28,23(29,30)31)24(32,33)34/h1-2,5-8,11H,3-4,9H2,(H,36,44)(H,37,45). The van der Waals surface area contributed by atoms with Gasteiger partial charge in [0.1, 0.15) is 12.2 Å². The largest absolute Gasteiger partial charge is 0.439 e. The number of amides is 2. The highest BCUT2D eigenvalue weighted by Gasteiger charge is 2.76. The van der Waals surface area contributed by atoms with Crippen molar-refractivity contribution in [2.24, 2.45) is 0 Å². The zero-order chi connectivity index (χ0) is 32.9. The molecule has 0 atom stereocenters. The Kier molecular flexibility index (Phi) is 8.43. The molecule has 0 radical (unpaired) electrons. The number of alkyl halides is 7. The molecule has 0 spiro atoms. The smallest absolute Gasteiger partial charge is 0.349 e. The van der Waals surface area contributed by atoms with Crippen LogP contribution in [0, 0.1) is 0 Å². The van der Waals surface area contributed by atoms with Crippen molar-refractivity contribution in [3.63, 3.8) is 0 Å². The topological polar surface area (TPSA) is 133 Å². The Morgan fingerprint density at radius 1 is 0.933 bits per heavy atom. The average Bonchev–Trinajstić information content (AvgIpc) is 3.46. The van der Waals surface area contributed by atoms with Crippen molar-refractivity contribution >= 4 is 52.3 Å². The van der Waals surface area contributed by atoms with E-state index in [1.54, 1.807) is 0 Å². The van der Waals surface area contributed by atoms with Crippen LogP contribution in [0.4, 0.5) is 36.4 Å². The number of nitrogens with zero attached hydrogens (tertiary/aromatic N) is 7. The van der Waals surface area contributed by atoms with E-state index in [1.807, 2.05) is 0 Å². The zero-order valence-electron chi connectivity index (χ0n) is 21.9. The van der Waals surface area contributed by atoms with E-state index in [2.05, 4.69) is 36.1 Å². The van der Waals surface area contributed by atoms with Crippen LogP contribution in [0.15, 0.2) is 36.5 Å². The van der Waals surface area contributed by atoms with E-state index in [0.717, 1.165) is 23.6 Å². The van der Waals surface area contributed by atoms with Crippen molar-refractivity contribution in [2.75, 3.05) is 5.32 Å². The molecule has 238 valence electrons. The summed E-state index contributed by atoms with van der Waals surface area (Å²) in [4.78, 5) is 30.7. The quantitative estimate of drug-likeness (QED) is 0.226. The fourth-order valence-corrected chi connectivity index (χ4v) is 4.66. The van der Waals surface area contributed by atoms with Gasteiger partial charge in [-0.1, -0.05) is 34.8 Å². The number of carbonyl (C=O) groups excluding carboxylic acids is 2. The van der Waals surface area contributed by atoms with Crippen molar-refractivity contribution in [1.29, 1.82) is 0 Å². The Bertz CT molecular complexity index is 1770. The van der Waals surface area contributed by atoms with Crippen LogP contribution in [-0.2, 0) is 12.2 Å². The molecule has 1 aliphatic rings. The average molecular weight is 701 g/mol. The lowest BCUT2D eigenvalue weighted by Crippen LogP contribution is -2.51. The number of benzene rings is 1. The van der Waals surface area contributed by atoms with Crippen molar-refractivity contribution in [2.45, 2.75) is 43.4 Å². The highest BCUT2D eigenvalue weighted by Crippen LogP contribution is 2.51. The number of rotatable bonds is 8. The molecule has 3 aromatic heterocycles. The van der Waals surface area contributed by atoms with Gasteiger partial charge in [-0.2, -0.15) is 36.2 Å². The lowest BCUT2D eigenvalue weighted by atomic mass is 10.1. The number of carbonyl (C=O) groups is 2. The highest BCUT2D eigenvalue weighted by atomic mass is 35.5. The molecule has 1 aromatic carbocycles. The van der Waals surface area contributed by atoms with Crippen molar-refractivity contribution < 1.29 is 40.3 Å². The van der Waals surface area contributed by atoms with Gasteiger partial charge in [-0.25, -0.2) is 14.1 Å². The Hall–Kier alpha value is -4.03. The maximum absolute atomic E-state index is 14.4. The molecule has 0 unspecified atom stereocenters. The molecule has 0 saturated heterocycles. The van der Waals surface area contributed by atoms with Gasteiger partial charge in [0.15, 0.2) is 5.82 Å². The van der Waals surface area contributed by atoms with Crippen molar-refractivity contribution in [3.05, 3.63) is 74.4 Å². The maximum Gasteiger partial charge on any atom is 0.439 e. The molecule has 1 saturated carbocycles. The normalized spacial score (nSPS) is 14.0. The third-order valence-corrected chi connectivity index (χ3v) is 7.04. The summed E-state index contributed by atoms with van der Waals surface area (Å²) in [5.41, 5.74) is -6.69. The molecule has 4 aromatic rings. The van der Waals surface area contributed by atoms with Crippen LogP contribution >= 0.6 is 34.8 Å². The fraction of sp³-hybridized carbons (Fsp3) is 0.292. The molecule has 5 rings (SSSR count). The van der Waals surface area contributed by atoms with Crippen LogP contribution < -0.4 is 10.6 Å². The molecule has 2 N–H and O–H groups in total. The van der Waals surface area contributed by atoms with Gasteiger partial charge < -0.3 is 10.6 Å². The van der Waals surface area contributed by atoms with E-state index in [4.69, 9.17) is 34.8 Å². The second-order valence-electron chi connectivity index (χ2n) is 9.55. The fourth-order valence-electron chi connectivity index (χ4n) is 3.92. The Morgan fingerprint density at radius 3 is 2.24 bits per heavy atom. The number of pyridine rings is 1. The number of hydrogen-bond donors (Lipinski definition) is 2. The van der Waals surface area contributed by atoms with E-state index >= 15 is 0 Å². The first kappa shape index (κ1) is 32.4. The number of nitrogens with one attached hydrogen (secondary N) is 2. The summed E-state index contributed by atoms with van der Waals surface area (Å²) in [5.74, 6) is -3.95. The lowest BCUT2D eigenvalue weighted by Gasteiger charge is -2.26. The maximum atomic E-state index is 14.4. The van der Waals surface area contributed by atoms with E-state index in [1.165, 1.54) is 30.5 Å². The SMILES string of the molecule is O=C(NC1CC1)c1cc(Cl)cc(Cl)c1NC(=O)c1cc(Cn2nnc(C(F)(C(F)(F)F)C(F)(F)F)n2)nn1-c1ncccc1Cl. The van der Waals surface area contributed by atoms with Gasteiger partial charge in [0, 0.05) is 17.3 Å². The van der Waals surface area contributed by atoms with E-state index < -0.39 is 42.2 Å². The second kappa shape index (κ2) is 11.7. The summed E-state index contributed by atoms with van der Waals surface area (Å²) in [6, 6.07) is 6.39. The molecular formula is C24H15Cl3F7N9O2. The summed E-state index contributed by atoms with van der Waals surface area (Å²) in [6.07, 6.45) is -10.1. The Balaban J connectivity index is 1.51. The summed E-state index contributed by atoms with van der Waals surface area (Å²) >= 11 is 18.6. The third kappa shape index (κ3) is 6.39. The minimum atomic E-state index is -6.46. The summed E-state index contributed by atoms with van der Waals surface area (Å²) in [5, 5.41) is 18.0. The van der Waals surface area contributed by atoms with Crippen LogP contribution in [-0.4, -0.2) is 65.2 Å². The highest BCUT2D eigenvalue weighted by molar-refractivity contribution is 6.38. The molecule has 21 heteroatoms. The van der Waals surface area contributed by atoms with Crippen LogP contribution in [0.25, 0.3) is 5.82 Å². The monoisotopic (exact) mass is 699 g/mol. The van der Waals surface area contributed by atoms with Crippen LogP contribution in [0.5, 0.6) is 0 Å². The predicted molar refractivity (Wildman–Crippen MR) is 143 cm³/mol. The number of anilines is 1. The number of halogens is 10. The Labute approximate surface area is 261 Å². The van der Waals surface area contributed by atoms with E-state index in [-0.39, 0.29) is 54.4 Å². The van der Waals surface area contributed by atoms with Crippen LogP contribution in [0.2, 0.25) is 15.1 Å². The molecule has 1 fully saturated rings. The second-order valence-corrected chi connectivity index (χ2v) is 10.8. The van der Waals surface area contributed by atoms with Gasteiger partial charge >= 0.3 is 18.0 Å². The first-order valence-electron chi connectivity index (χ1n) is 12.4. The third-order valence-electron chi connectivity index (χ3n) is 6.23. The molecule has 0 bridgehead atoms. The lowest BCUT2D eigenvalue weighted by molar-refractivity contribution is -0.351. The summed E-state index contributed by atoms with van der Waals surface area (Å²) in [6.45, 7) is -0.784. The molecule has 0 aliphatic heterocycles. The summed E-state index contributed by atoms with van der Waals surface area (Å²) in [7, 11) is 0. The van der Waals surface area contributed by atoms with Crippen molar-refractivity contribution in [1.82, 2.24) is 40.3 Å². The van der Waals surface area contributed by atoms with E-state index in [9.17, 15) is 40.3 Å². The molecular weight excluding hydrogens is 686 g/mol. The van der Waals surface area contributed by atoms with Gasteiger partial charge in [0.2, 0.25) is 5.82 Å². The molecule has 1 aliphatic carbocycles. The minimum Gasteiger partial charge on any atom is -0.349 e. The predicted octanol–water partition coefficient (Wildman–Crippen LogP) is 5.70. The van der Waals surface area contributed by atoms with Crippen LogP contribution in [0.3, 0.4) is 0 Å². The minimum absolute atomic E-state index is 0.0195. The molecule has 45 heavy (non-hydrogen) atoms. The van der Waals surface area contributed by atoms with Gasteiger partial charge in [0.05, 0.1) is 27.0 Å². The van der Waals surface area contributed by atoms with Gasteiger partial charge in [-0.05, 0) is 48.4 Å². The first-order valence-corrected chi connectivity index (χ1v) is 13.5. The molecule has 2 amide bonds. The van der Waals surface area contributed by atoms with Gasteiger partial charge in [0.25, 0.3) is 11.8 Å².